The summed E-state index contributed by atoms with van der Waals surface area (Å²) in [6.07, 6.45) is 3.81. The first-order valence-electron chi connectivity index (χ1n) is 6.62. The van der Waals surface area contributed by atoms with Crippen LogP contribution in [0.3, 0.4) is 0 Å². The minimum atomic E-state index is -0.723. The third-order valence-corrected chi connectivity index (χ3v) is 4.09. The van der Waals surface area contributed by atoms with Crippen LogP contribution in [0.4, 0.5) is 0 Å². The maximum Gasteiger partial charge on any atom is 0.316 e. The zero-order valence-electron chi connectivity index (χ0n) is 11.6. The first-order valence-corrected chi connectivity index (χ1v) is 7.50. The Bertz CT molecular complexity index is 620. The van der Waals surface area contributed by atoms with Crippen molar-refractivity contribution in [1.29, 1.82) is 0 Å². The Kier molecular flexibility index (Phi) is 4.84. The van der Waals surface area contributed by atoms with Gasteiger partial charge in [0.25, 0.3) is 0 Å². The van der Waals surface area contributed by atoms with E-state index in [1.165, 1.54) is 18.4 Å². The van der Waals surface area contributed by atoms with Gasteiger partial charge in [-0.05, 0) is 23.9 Å². The standard InChI is InChI=1S/C15H17NO3S/c1-3-4-5-11(15(18)19-2)14(17)10-8-13-12(16-9-10)6-7-20-13/h6-9,11H,3-5H2,1-2H3. The molecule has 2 rings (SSSR count). The molecular weight excluding hydrogens is 274 g/mol. The number of fused-ring (bicyclic) bond motifs is 1. The van der Waals surface area contributed by atoms with Crippen LogP contribution in [0.1, 0.15) is 36.5 Å². The number of methoxy groups -OCH3 is 1. The molecule has 0 amide bonds. The number of Topliss-reactive ketones (excluding diaryl/α,β-unsaturated/α-hetero) is 1. The molecule has 0 aliphatic rings. The van der Waals surface area contributed by atoms with Gasteiger partial charge in [-0.2, -0.15) is 0 Å². The van der Waals surface area contributed by atoms with Crippen molar-refractivity contribution in [2.75, 3.05) is 7.11 Å². The summed E-state index contributed by atoms with van der Waals surface area (Å²) in [4.78, 5) is 28.5. The number of rotatable bonds is 6. The second-order valence-corrected chi connectivity index (χ2v) is 5.56. The molecule has 0 aliphatic carbocycles. The fourth-order valence-corrected chi connectivity index (χ4v) is 2.87. The van der Waals surface area contributed by atoms with Crippen LogP contribution < -0.4 is 0 Å². The number of thiophene rings is 1. The number of carbonyl (C=O) groups is 2. The normalized spacial score (nSPS) is 12.3. The van der Waals surface area contributed by atoms with E-state index in [-0.39, 0.29) is 5.78 Å². The molecule has 0 aromatic carbocycles. The number of aromatic nitrogens is 1. The van der Waals surface area contributed by atoms with Gasteiger partial charge in [0.15, 0.2) is 5.78 Å². The minimum absolute atomic E-state index is 0.201. The Hall–Kier alpha value is -1.75. The molecule has 2 heterocycles. The molecule has 2 aromatic heterocycles. The average Bonchev–Trinajstić information content (AvgIpc) is 2.94. The molecule has 20 heavy (non-hydrogen) atoms. The van der Waals surface area contributed by atoms with Gasteiger partial charge in [-0.3, -0.25) is 14.6 Å². The SMILES string of the molecule is CCCCC(C(=O)OC)C(=O)c1cnc2ccsc2c1. The van der Waals surface area contributed by atoms with E-state index in [0.717, 1.165) is 23.1 Å². The first kappa shape index (κ1) is 14.7. The maximum absolute atomic E-state index is 12.5. The van der Waals surface area contributed by atoms with Crippen molar-refractivity contribution in [2.24, 2.45) is 5.92 Å². The second-order valence-electron chi connectivity index (χ2n) is 4.61. The Balaban J connectivity index is 2.27. The maximum atomic E-state index is 12.5. The molecule has 0 saturated carbocycles. The van der Waals surface area contributed by atoms with Gasteiger partial charge in [0.05, 0.1) is 17.3 Å². The number of ketones is 1. The Morgan fingerprint density at radius 1 is 1.45 bits per heavy atom. The lowest BCUT2D eigenvalue weighted by Crippen LogP contribution is -2.25. The zero-order chi connectivity index (χ0) is 14.5. The van der Waals surface area contributed by atoms with E-state index in [1.807, 2.05) is 18.4 Å². The molecule has 0 spiro atoms. The number of hydrogen-bond acceptors (Lipinski definition) is 5. The molecular formula is C15H17NO3S. The molecule has 1 unspecified atom stereocenters. The highest BCUT2D eigenvalue weighted by Gasteiger charge is 2.28. The summed E-state index contributed by atoms with van der Waals surface area (Å²) in [5.41, 5.74) is 1.35. The number of carbonyl (C=O) groups excluding carboxylic acids is 2. The average molecular weight is 291 g/mol. The van der Waals surface area contributed by atoms with Crippen LogP contribution in [0.15, 0.2) is 23.7 Å². The lowest BCUT2D eigenvalue weighted by molar-refractivity contribution is -0.143. The summed E-state index contributed by atoms with van der Waals surface area (Å²) < 4.78 is 5.70. The van der Waals surface area contributed by atoms with Gasteiger partial charge in [-0.1, -0.05) is 19.8 Å². The molecule has 106 valence electrons. The third kappa shape index (κ3) is 3.04. The highest BCUT2D eigenvalue weighted by Crippen LogP contribution is 2.23. The quantitative estimate of drug-likeness (QED) is 0.464. The van der Waals surface area contributed by atoms with E-state index < -0.39 is 11.9 Å². The summed E-state index contributed by atoms with van der Waals surface area (Å²) in [6, 6.07) is 3.71. The number of pyridine rings is 1. The molecule has 4 nitrogen and oxygen atoms in total. The van der Waals surface area contributed by atoms with E-state index >= 15 is 0 Å². The number of unbranched alkanes of at least 4 members (excludes halogenated alkanes) is 1. The number of hydrogen-bond donors (Lipinski definition) is 0. The number of ether oxygens (including phenoxy) is 1. The highest BCUT2D eigenvalue weighted by molar-refractivity contribution is 7.17. The van der Waals surface area contributed by atoms with Gasteiger partial charge in [0.1, 0.15) is 5.92 Å². The fourth-order valence-electron chi connectivity index (χ4n) is 2.09. The van der Waals surface area contributed by atoms with Crippen LogP contribution in [0, 0.1) is 5.92 Å². The summed E-state index contributed by atoms with van der Waals surface area (Å²) in [7, 11) is 1.31. The van der Waals surface area contributed by atoms with Crippen molar-refractivity contribution in [2.45, 2.75) is 26.2 Å². The van der Waals surface area contributed by atoms with Crippen LogP contribution in [-0.2, 0) is 9.53 Å². The molecule has 1 atom stereocenters. The van der Waals surface area contributed by atoms with Crippen molar-refractivity contribution in [3.05, 3.63) is 29.3 Å². The van der Waals surface area contributed by atoms with Crippen LogP contribution in [0.2, 0.25) is 0 Å². The van der Waals surface area contributed by atoms with Crippen molar-refractivity contribution in [3.8, 4) is 0 Å². The topological polar surface area (TPSA) is 56.3 Å². The van der Waals surface area contributed by atoms with Crippen LogP contribution >= 0.6 is 11.3 Å². The summed E-state index contributed by atoms with van der Waals surface area (Å²) >= 11 is 1.53. The fraction of sp³-hybridized carbons (Fsp3) is 0.400. The van der Waals surface area contributed by atoms with Gasteiger partial charge in [-0.15, -0.1) is 11.3 Å². The summed E-state index contributed by atoms with van der Waals surface area (Å²) in [6.45, 7) is 2.03. The van der Waals surface area contributed by atoms with Gasteiger partial charge in [0.2, 0.25) is 0 Å². The Labute approximate surface area is 121 Å². The molecule has 0 fully saturated rings. The van der Waals surface area contributed by atoms with Crippen molar-refractivity contribution in [1.82, 2.24) is 4.98 Å². The van der Waals surface area contributed by atoms with E-state index in [1.54, 1.807) is 12.3 Å². The lowest BCUT2D eigenvalue weighted by Gasteiger charge is -2.13. The predicted octanol–water partition coefficient (Wildman–Crippen LogP) is 3.46. The number of esters is 1. The Morgan fingerprint density at radius 3 is 2.95 bits per heavy atom. The van der Waals surface area contributed by atoms with Gasteiger partial charge in [0, 0.05) is 11.8 Å². The molecule has 0 radical (unpaired) electrons. The molecule has 2 aromatic rings. The molecule has 0 saturated heterocycles. The minimum Gasteiger partial charge on any atom is -0.468 e. The van der Waals surface area contributed by atoms with Crippen molar-refractivity contribution in [3.63, 3.8) is 0 Å². The van der Waals surface area contributed by atoms with E-state index in [4.69, 9.17) is 4.74 Å². The van der Waals surface area contributed by atoms with Gasteiger partial charge >= 0.3 is 5.97 Å². The lowest BCUT2D eigenvalue weighted by atomic mass is 9.93. The van der Waals surface area contributed by atoms with Gasteiger partial charge in [-0.25, -0.2) is 0 Å². The largest absolute Gasteiger partial charge is 0.468 e. The van der Waals surface area contributed by atoms with Crippen LogP contribution in [0.5, 0.6) is 0 Å². The van der Waals surface area contributed by atoms with E-state index in [0.29, 0.717) is 12.0 Å². The van der Waals surface area contributed by atoms with Gasteiger partial charge < -0.3 is 4.74 Å². The Morgan fingerprint density at radius 2 is 2.25 bits per heavy atom. The summed E-state index contributed by atoms with van der Waals surface area (Å²) in [5, 5.41) is 1.93. The van der Waals surface area contributed by atoms with Crippen LogP contribution in [-0.4, -0.2) is 23.8 Å². The number of nitrogens with zero attached hydrogens (tertiary/aromatic N) is 1. The molecule has 5 heteroatoms. The molecule has 0 N–H and O–H groups in total. The van der Waals surface area contributed by atoms with E-state index in [9.17, 15) is 9.59 Å². The van der Waals surface area contributed by atoms with Crippen LogP contribution in [0.25, 0.3) is 10.2 Å². The summed E-state index contributed by atoms with van der Waals surface area (Å²) in [5.74, 6) is -1.39. The highest BCUT2D eigenvalue weighted by atomic mass is 32.1. The van der Waals surface area contributed by atoms with E-state index in [2.05, 4.69) is 4.98 Å². The molecule has 0 aliphatic heterocycles. The predicted molar refractivity (Wildman–Crippen MR) is 79.0 cm³/mol. The smallest absolute Gasteiger partial charge is 0.316 e. The van der Waals surface area contributed by atoms with Crippen molar-refractivity contribution >= 4 is 33.3 Å². The van der Waals surface area contributed by atoms with Crippen molar-refractivity contribution < 1.29 is 14.3 Å². The zero-order valence-corrected chi connectivity index (χ0v) is 12.4. The third-order valence-electron chi connectivity index (χ3n) is 3.24. The molecule has 0 bridgehead atoms. The second kappa shape index (κ2) is 6.61. The first-order chi connectivity index (χ1) is 9.67. The monoisotopic (exact) mass is 291 g/mol.